The first kappa shape index (κ1) is 15.8. The number of hydrogen-bond donors (Lipinski definition) is 0. The fraction of sp³-hybridized carbons (Fsp3) is 0.368. The number of nitrogens with zero attached hydrogens (tertiary/aromatic N) is 2. The number of rotatable bonds is 2. The molecule has 0 unspecified atom stereocenters. The van der Waals surface area contributed by atoms with Gasteiger partial charge in [-0.2, -0.15) is 5.10 Å². The van der Waals surface area contributed by atoms with E-state index in [0.29, 0.717) is 11.8 Å². The van der Waals surface area contributed by atoms with Crippen LogP contribution in [0.15, 0.2) is 45.7 Å². The summed E-state index contributed by atoms with van der Waals surface area (Å²) in [6.45, 7) is 3.93. The van der Waals surface area contributed by atoms with Crippen molar-refractivity contribution < 1.29 is 4.79 Å². The number of fused-ring (bicyclic) bond motifs is 1. The molecule has 1 fully saturated rings. The minimum absolute atomic E-state index is 0.0263. The number of hydrogen-bond acceptors (Lipinski definition) is 4. The standard InChI is InChI=1S/C19H20N2OS2/c1-12-9-14(11-15-5-3-7-23-15)18-16(10-12)19(17-6-4-8-24-17)21(20-18)13(2)22/h3-8,11-12,16,19H,9-10H2,1-2H3/b14-11+/t12-,16-,19-/m1/s1. The zero-order valence-corrected chi connectivity index (χ0v) is 15.4. The van der Waals surface area contributed by atoms with Gasteiger partial charge >= 0.3 is 0 Å². The Hall–Kier alpha value is -1.72. The molecule has 24 heavy (non-hydrogen) atoms. The van der Waals surface area contributed by atoms with Gasteiger partial charge in [0.15, 0.2) is 0 Å². The van der Waals surface area contributed by atoms with Crippen molar-refractivity contribution in [1.29, 1.82) is 0 Å². The van der Waals surface area contributed by atoms with Gasteiger partial charge in [0.2, 0.25) is 5.91 Å². The van der Waals surface area contributed by atoms with Crippen molar-refractivity contribution in [2.45, 2.75) is 32.7 Å². The molecule has 3 atom stereocenters. The monoisotopic (exact) mass is 356 g/mol. The zero-order valence-electron chi connectivity index (χ0n) is 13.8. The molecule has 0 N–H and O–H groups in total. The number of carbonyl (C=O) groups excluding carboxylic acids is 1. The first-order chi connectivity index (χ1) is 11.6. The fourth-order valence-corrected chi connectivity index (χ4v) is 5.39. The van der Waals surface area contributed by atoms with Crippen LogP contribution < -0.4 is 0 Å². The molecular formula is C19H20N2OS2. The van der Waals surface area contributed by atoms with Gasteiger partial charge in [0.25, 0.3) is 0 Å². The van der Waals surface area contributed by atoms with Gasteiger partial charge in [-0.3, -0.25) is 4.79 Å². The van der Waals surface area contributed by atoms with Gasteiger partial charge in [-0.1, -0.05) is 19.1 Å². The second kappa shape index (κ2) is 6.30. The van der Waals surface area contributed by atoms with Crippen LogP contribution in [-0.2, 0) is 4.79 Å². The van der Waals surface area contributed by atoms with Crippen LogP contribution in [0.2, 0.25) is 0 Å². The summed E-state index contributed by atoms with van der Waals surface area (Å²) in [5.74, 6) is 0.940. The molecule has 0 aromatic carbocycles. The van der Waals surface area contributed by atoms with Gasteiger partial charge in [0.05, 0.1) is 11.8 Å². The van der Waals surface area contributed by atoms with Crippen molar-refractivity contribution in [2.24, 2.45) is 16.9 Å². The van der Waals surface area contributed by atoms with Crippen molar-refractivity contribution in [3.8, 4) is 0 Å². The third-order valence-electron chi connectivity index (χ3n) is 4.78. The Bertz CT molecular complexity index is 789. The Morgan fingerprint density at radius 1 is 1.29 bits per heavy atom. The van der Waals surface area contributed by atoms with Crippen LogP contribution in [0.3, 0.4) is 0 Å². The van der Waals surface area contributed by atoms with Gasteiger partial charge in [-0.05, 0) is 53.3 Å². The Kier molecular flexibility index (Phi) is 4.14. The first-order valence-electron chi connectivity index (χ1n) is 8.29. The molecule has 124 valence electrons. The highest BCUT2D eigenvalue weighted by molar-refractivity contribution is 7.11. The van der Waals surface area contributed by atoms with Gasteiger partial charge in [-0.15, -0.1) is 22.7 Å². The maximum absolute atomic E-state index is 12.2. The maximum atomic E-state index is 12.2. The highest BCUT2D eigenvalue weighted by atomic mass is 32.1. The molecule has 4 rings (SSSR count). The number of amides is 1. The Morgan fingerprint density at radius 2 is 2.08 bits per heavy atom. The van der Waals surface area contributed by atoms with E-state index in [-0.39, 0.29) is 11.9 Å². The second-order valence-electron chi connectivity index (χ2n) is 6.65. The predicted octanol–water partition coefficient (Wildman–Crippen LogP) is 5.20. The lowest BCUT2D eigenvalue weighted by atomic mass is 9.74. The van der Waals surface area contributed by atoms with E-state index >= 15 is 0 Å². The normalized spacial score (nSPS) is 28.1. The lowest BCUT2D eigenvalue weighted by molar-refractivity contribution is -0.131. The van der Waals surface area contributed by atoms with Crippen molar-refractivity contribution in [3.05, 3.63) is 50.4 Å². The van der Waals surface area contributed by atoms with Gasteiger partial charge < -0.3 is 0 Å². The van der Waals surface area contributed by atoms with E-state index in [4.69, 9.17) is 5.10 Å². The maximum Gasteiger partial charge on any atom is 0.240 e. The molecular weight excluding hydrogens is 336 g/mol. The molecule has 2 aromatic rings. The number of thiophene rings is 2. The third-order valence-corrected chi connectivity index (χ3v) is 6.54. The molecule has 1 aliphatic carbocycles. The summed E-state index contributed by atoms with van der Waals surface area (Å²) in [5, 5.41) is 10.7. The smallest absolute Gasteiger partial charge is 0.240 e. The summed E-state index contributed by atoms with van der Waals surface area (Å²) >= 11 is 3.47. The summed E-state index contributed by atoms with van der Waals surface area (Å²) in [4.78, 5) is 14.7. The quantitative estimate of drug-likeness (QED) is 0.728. The number of carbonyl (C=O) groups is 1. The minimum Gasteiger partial charge on any atom is -0.273 e. The summed E-state index contributed by atoms with van der Waals surface area (Å²) in [6, 6.07) is 8.47. The molecule has 1 saturated carbocycles. The minimum atomic E-state index is 0.0263. The Labute approximate surface area is 150 Å². The number of allylic oxidation sites excluding steroid dienone is 1. The van der Waals surface area contributed by atoms with Gasteiger partial charge in [0.1, 0.15) is 0 Å². The molecule has 0 bridgehead atoms. The van der Waals surface area contributed by atoms with E-state index in [2.05, 4.69) is 48.0 Å². The molecule has 1 amide bonds. The summed E-state index contributed by atoms with van der Waals surface area (Å²) in [5.41, 5.74) is 2.42. The Morgan fingerprint density at radius 3 is 2.75 bits per heavy atom. The fourth-order valence-electron chi connectivity index (χ4n) is 3.83. The van der Waals surface area contributed by atoms with Crippen LogP contribution in [0.4, 0.5) is 0 Å². The SMILES string of the molecule is CC(=O)N1N=C2/C(=C/c3cccs3)C[C@@H](C)C[C@H]2[C@@H]1c1cccs1. The molecule has 3 heterocycles. The van der Waals surface area contributed by atoms with Crippen LogP contribution in [0.25, 0.3) is 6.08 Å². The zero-order chi connectivity index (χ0) is 16.7. The Balaban J connectivity index is 1.77. The third kappa shape index (κ3) is 2.76. The van der Waals surface area contributed by atoms with Crippen molar-refractivity contribution >= 4 is 40.4 Å². The van der Waals surface area contributed by atoms with Crippen LogP contribution in [-0.4, -0.2) is 16.6 Å². The van der Waals surface area contributed by atoms with Crippen LogP contribution in [0, 0.1) is 11.8 Å². The molecule has 2 aromatic heterocycles. The van der Waals surface area contributed by atoms with Crippen molar-refractivity contribution in [3.63, 3.8) is 0 Å². The van der Waals surface area contributed by atoms with E-state index in [1.165, 1.54) is 15.3 Å². The van der Waals surface area contributed by atoms with E-state index in [0.717, 1.165) is 18.6 Å². The molecule has 3 nitrogen and oxygen atoms in total. The molecule has 1 aliphatic heterocycles. The molecule has 2 aliphatic rings. The largest absolute Gasteiger partial charge is 0.273 e. The van der Waals surface area contributed by atoms with Crippen molar-refractivity contribution in [2.75, 3.05) is 0 Å². The predicted molar refractivity (Wildman–Crippen MR) is 101 cm³/mol. The first-order valence-corrected chi connectivity index (χ1v) is 10.1. The van der Waals surface area contributed by atoms with Crippen molar-refractivity contribution in [1.82, 2.24) is 5.01 Å². The van der Waals surface area contributed by atoms with Crippen LogP contribution >= 0.6 is 22.7 Å². The van der Waals surface area contributed by atoms with E-state index in [1.807, 2.05) is 0 Å². The average Bonchev–Trinajstić information content (AvgIpc) is 3.26. The lowest BCUT2D eigenvalue weighted by Crippen LogP contribution is -2.31. The highest BCUT2D eigenvalue weighted by Gasteiger charge is 2.44. The number of hydrazone groups is 1. The van der Waals surface area contributed by atoms with E-state index < -0.39 is 0 Å². The van der Waals surface area contributed by atoms with Crippen LogP contribution in [0.1, 0.15) is 42.5 Å². The van der Waals surface area contributed by atoms with E-state index in [1.54, 1.807) is 34.6 Å². The average molecular weight is 357 g/mol. The molecule has 0 radical (unpaired) electrons. The summed E-state index contributed by atoms with van der Waals surface area (Å²) in [7, 11) is 0. The molecule has 0 spiro atoms. The van der Waals surface area contributed by atoms with Crippen LogP contribution in [0.5, 0.6) is 0 Å². The topological polar surface area (TPSA) is 32.7 Å². The second-order valence-corrected chi connectivity index (χ2v) is 8.60. The summed E-state index contributed by atoms with van der Waals surface area (Å²) < 4.78 is 0. The van der Waals surface area contributed by atoms with Gasteiger partial charge in [0, 0.05) is 22.6 Å². The lowest BCUT2D eigenvalue weighted by Gasteiger charge is -2.31. The van der Waals surface area contributed by atoms with Gasteiger partial charge in [-0.25, -0.2) is 5.01 Å². The summed E-state index contributed by atoms with van der Waals surface area (Å²) in [6.07, 6.45) is 4.39. The molecule has 5 heteroatoms. The molecule has 0 saturated heterocycles. The highest BCUT2D eigenvalue weighted by Crippen LogP contribution is 2.47. The van der Waals surface area contributed by atoms with E-state index in [9.17, 15) is 4.79 Å².